The second-order valence-corrected chi connectivity index (χ2v) is 10.6. The maximum Gasteiger partial charge on any atom is 0.242 e. The maximum atomic E-state index is 13.5. The van der Waals surface area contributed by atoms with E-state index in [1.807, 2.05) is 6.07 Å². The number of nitrogens with zero attached hydrogens (tertiary/aromatic N) is 7. The Balaban J connectivity index is 1.03. The van der Waals surface area contributed by atoms with Gasteiger partial charge in [-0.1, -0.05) is 12.1 Å². The lowest BCUT2D eigenvalue weighted by Gasteiger charge is -2.38. The number of aromatic amines is 1. The molecule has 0 spiro atoms. The molecule has 3 N–H and O–H groups in total. The minimum absolute atomic E-state index is 0.0830. The Morgan fingerprint density at radius 3 is 2.94 bits per heavy atom. The van der Waals surface area contributed by atoms with Gasteiger partial charge in [0.25, 0.3) is 0 Å². The lowest BCUT2D eigenvalue weighted by atomic mass is 10.0. The predicted octanol–water partition coefficient (Wildman–Crippen LogP) is -0.0206. The first-order chi connectivity index (χ1) is 17.0. The fourth-order valence-electron chi connectivity index (χ4n) is 7.02. The van der Waals surface area contributed by atoms with E-state index in [1.165, 1.54) is 11.1 Å². The number of H-pyrrole nitrogens is 1. The number of benzene rings is 1. The molecule has 2 bridgehead atoms. The molecule has 1 aromatic carbocycles. The molecule has 11 nitrogen and oxygen atoms in total. The Kier molecular flexibility index (Phi) is 4.53. The summed E-state index contributed by atoms with van der Waals surface area (Å²) in [6.07, 6.45) is 4.35. The van der Waals surface area contributed by atoms with Gasteiger partial charge in [-0.2, -0.15) is 5.26 Å². The van der Waals surface area contributed by atoms with E-state index >= 15 is 0 Å². The molecule has 0 radical (unpaired) electrons. The third-order valence-electron chi connectivity index (χ3n) is 8.71. The number of piperazine rings is 1. The van der Waals surface area contributed by atoms with Crippen molar-refractivity contribution in [1.29, 1.82) is 5.26 Å². The second kappa shape index (κ2) is 7.57. The number of carbonyl (C=O) groups excluding carboxylic acids is 2. The third-order valence-corrected chi connectivity index (χ3v) is 8.71. The van der Waals surface area contributed by atoms with Gasteiger partial charge < -0.3 is 15.5 Å². The summed E-state index contributed by atoms with van der Waals surface area (Å²) in [5, 5.41) is 23.5. The molecule has 2 amide bonds. The molecule has 2 aliphatic carbocycles. The number of nitrogens with two attached hydrogens (primary N) is 1. The van der Waals surface area contributed by atoms with E-state index in [2.05, 4.69) is 48.6 Å². The zero-order valence-electron chi connectivity index (χ0n) is 19.2. The van der Waals surface area contributed by atoms with Crippen LogP contribution in [-0.4, -0.2) is 90.4 Å². The summed E-state index contributed by atoms with van der Waals surface area (Å²) < 4.78 is 0. The van der Waals surface area contributed by atoms with Crippen LogP contribution in [0.3, 0.4) is 0 Å². The zero-order valence-corrected chi connectivity index (χ0v) is 19.2. The van der Waals surface area contributed by atoms with Crippen LogP contribution in [-0.2, 0) is 16.0 Å². The SMILES string of the molecule is N#C[C@@H]1CC2C[C@@H]2N1C(=O)[C@@H](N)CN1C[C@@H]2C[C@H]1C(=O)N2[C@@H]1CCc2cc(-c3nnn[nH]3)ccc21. The monoisotopic (exact) mass is 473 g/mol. The molecule has 1 saturated carbocycles. The van der Waals surface area contributed by atoms with E-state index in [0.29, 0.717) is 18.3 Å². The number of aryl methyl sites for hydroxylation is 1. The van der Waals surface area contributed by atoms with Crippen LogP contribution >= 0.6 is 0 Å². The van der Waals surface area contributed by atoms with Crippen LogP contribution in [0.2, 0.25) is 0 Å². The van der Waals surface area contributed by atoms with Crippen molar-refractivity contribution in [2.75, 3.05) is 13.1 Å². The molecule has 5 aliphatic rings. The highest BCUT2D eigenvalue weighted by Crippen LogP contribution is 2.48. The average Bonchev–Trinajstić information content (AvgIpc) is 3.43. The van der Waals surface area contributed by atoms with Gasteiger partial charge in [0.05, 0.1) is 24.2 Å². The number of amides is 2. The molecular formula is C24H27N9O2. The molecule has 11 heteroatoms. The summed E-state index contributed by atoms with van der Waals surface area (Å²) in [5.41, 5.74) is 9.73. The fraction of sp³-hybridized carbons (Fsp3) is 0.583. The van der Waals surface area contributed by atoms with Crippen LogP contribution in [0.5, 0.6) is 0 Å². The number of fused-ring (bicyclic) bond motifs is 4. The number of nitriles is 1. The van der Waals surface area contributed by atoms with E-state index in [9.17, 15) is 14.9 Å². The van der Waals surface area contributed by atoms with Gasteiger partial charge in [-0.15, -0.1) is 5.10 Å². The number of piperidine rings is 1. The first-order valence-electron chi connectivity index (χ1n) is 12.4. The van der Waals surface area contributed by atoms with Gasteiger partial charge in [-0.3, -0.25) is 14.5 Å². The molecule has 7 rings (SSSR count). The smallest absolute Gasteiger partial charge is 0.242 e. The van der Waals surface area contributed by atoms with Crippen molar-refractivity contribution in [1.82, 2.24) is 35.3 Å². The normalized spacial score (nSPS) is 33.7. The Labute approximate surface area is 202 Å². The Morgan fingerprint density at radius 2 is 2.17 bits per heavy atom. The summed E-state index contributed by atoms with van der Waals surface area (Å²) in [5.74, 6) is 1.10. The van der Waals surface area contributed by atoms with Crippen LogP contribution in [0.1, 0.15) is 42.9 Å². The number of nitrogens with one attached hydrogen (secondary N) is 1. The third kappa shape index (κ3) is 3.13. The topological polar surface area (TPSA) is 148 Å². The van der Waals surface area contributed by atoms with Crippen LogP contribution in [0, 0.1) is 17.2 Å². The maximum absolute atomic E-state index is 13.5. The minimum atomic E-state index is -0.706. The van der Waals surface area contributed by atoms with Crippen molar-refractivity contribution in [3.63, 3.8) is 0 Å². The van der Waals surface area contributed by atoms with Gasteiger partial charge in [-0.05, 0) is 65.6 Å². The second-order valence-electron chi connectivity index (χ2n) is 10.6. The Hall–Kier alpha value is -3.36. The van der Waals surface area contributed by atoms with Crippen LogP contribution in [0.25, 0.3) is 11.4 Å². The Bertz CT molecular complexity index is 1240. The molecule has 3 saturated heterocycles. The number of likely N-dealkylation sites (tertiary alicyclic amines) is 3. The summed E-state index contributed by atoms with van der Waals surface area (Å²) >= 11 is 0. The number of tetrazole rings is 1. The van der Waals surface area contributed by atoms with Gasteiger partial charge in [0, 0.05) is 30.7 Å². The highest BCUT2D eigenvalue weighted by molar-refractivity contribution is 5.87. The molecule has 1 aromatic heterocycles. The molecule has 3 aliphatic heterocycles. The fourth-order valence-corrected chi connectivity index (χ4v) is 7.02. The molecule has 4 heterocycles. The highest BCUT2D eigenvalue weighted by Gasteiger charge is 2.56. The summed E-state index contributed by atoms with van der Waals surface area (Å²) in [6.45, 7) is 1.10. The predicted molar refractivity (Wildman–Crippen MR) is 122 cm³/mol. The summed E-state index contributed by atoms with van der Waals surface area (Å²) in [6, 6.07) is 7.61. The van der Waals surface area contributed by atoms with E-state index in [0.717, 1.165) is 44.2 Å². The van der Waals surface area contributed by atoms with Gasteiger partial charge in [0.15, 0.2) is 5.82 Å². The first-order valence-corrected chi connectivity index (χ1v) is 12.4. The zero-order chi connectivity index (χ0) is 23.8. The lowest BCUT2D eigenvalue weighted by molar-refractivity contribution is -0.141. The van der Waals surface area contributed by atoms with E-state index < -0.39 is 6.04 Å². The van der Waals surface area contributed by atoms with Crippen molar-refractivity contribution in [2.45, 2.75) is 68.4 Å². The number of hydrogen-bond acceptors (Lipinski definition) is 8. The van der Waals surface area contributed by atoms with Gasteiger partial charge in [0.1, 0.15) is 6.04 Å². The van der Waals surface area contributed by atoms with Gasteiger partial charge in [0.2, 0.25) is 11.8 Å². The van der Waals surface area contributed by atoms with Crippen molar-refractivity contribution < 1.29 is 9.59 Å². The van der Waals surface area contributed by atoms with Crippen molar-refractivity contribution in [3.05, 3.63) is 29.3 Å². The largest absolute Gasteiger partial charge is 0.330 e. The Morgan fingerprint density at radius 1 is 1.29 bits per heavy atom. The molecule has 180 valence electrons. The van der Waals surface area contributed by atoms with E-state index in [4.69, 9.17) is 5.73 Å². The van der Waals surface area contributed by atoms with E-state index in [-0.39, 0.29) is 42.0 Å². The average molecular weight is 474 g/mol. The molecule has 35 heavy (non-hydrogen) atoms. The van der Waals surface area contributed by atoms with Crippen molar-refractivity contribution in [3.8, 4) is 17.5 Å². The first kappa shape index (κ1) is 21.0. The summed E-state index contributed by atoms with van der Waals surface area (Å²) in [7, 11) is 0. The number of hydrogen-bond donors (Lipinski definition) is 2. The number of rotatable bonds is 5. The number of carbonyl (C=O) groups is 2. The molecule has 2 aromatic rings. The van der Waals surface area contributed by atoms with Crippen LogP contribution in [0.15, 0.2) is 18.2 Å². The standard InChI is InChI=1S/C24H27N9O2/c25-9-15-6-14-7-20(14)32(15)23(34)18(26)11-31-10-16-8-21(31)24(35)33(16)19-4-2-12-5-13(1-3-17(12)19)22-27-29-30-28-22/h1,3,5,14-16,18-21H,2,4,6-8,10-11,26H2,(H,27,28,29,30)/t14?,15-,16-,18-,19+,20-,21-/m0/s1. The van der Waals surface area contributed by atoms with Gasteiger partial charge in [-0.25, -0.2) is 5.10 Å². The van der Waals surface area contributed by atoms with Crippen LogP contribution in [0.4, 0.5) is 0 Å². The highest BCUT2D eigenvalue weighted by atomic mass is 16.2. The lowest BCUT2D eigenvalue weighted by Crippen LogP contribution is -2.57. The summed E-state index contributed by atoms with van der Waals surface area (Å²) in [4.78, 5) is 32.4. The van der Waals surface area contributed by atoms with Crippen molar-refractivity contribution >= 4 is 11.8 Å². The van der Waals surface area contributed by atoms with Crippen LogP contribution < -0.4 is 5.73 Å². The molecular weight excluding hydrogens is 446 g/mol. The molecule has 4 fully saturated rings. The molecule has 1 unspecified atom stereocenters. The number of aromatic nitrogens is 4. The van der Waals surface area contributed by atoms with Gasteiger partial charge >= 0.3 is 0 Å². The molecule has 7 atom stereocenters. The van der Waals surface area contributed by atoms with Crippen molar-refractivity contribution in [2.24, 2.45) is 11.7 Å². The van der Waals surface area contributed by atoms with E-state index in [1.54, 1.807) is 4.90 Å². The minimum Gasteiger partial charge on any atom is -0.330 e. The quantitative estimate of drug-likeness (QED) is 0.616.